The summed E-state index contributed by atoms with van der Waals surface area (Å²) in [5.74, 6) is 0. The average Bonchev–Trinajstić information content (AvgIpc) is 2.61. The average molecular weight is 352 g/mol. The van der Waals surface area contributed by atoms with Crippen LogP contribution in [0.2, 0.25) is 0 Å². The predicted octanol–water partition coefficient (Wildman–Crippen LogP) is 4.80. The monoisotopic (exact) mass is 352 g/mol. The lowest BCUT2D eigenvalue weighted by molar-refractivity contribution is -0.197. The Kier molecular flexibility index (Phi) is 5.61. The zero-order chi connectivity index (χ0) is 18.7. The van der Waals surface area contributed by atoms with E-state index < -0.39 is 6.10 Å². The summed E-state index contributed by atoms with van der Waals surface area (Å²) < 4.78 is 11.6. The van der Waals surface area contributed by atoms with Crippen LogP contribution in [0.25, 0.3) is 6.08 Å². The number of ether oxygens (including phenoxy) is 2. The summed E-state index contributed by atoms with van der Waals surface area (Å²) in [6, 6.07) is 13.9. The highest BCUT2D eigenvalue weighted by Gasteiger charge is 2.27. The third-order valence-electron chi connectivity index (χ3n) is 4.67. The second-order valence-corrected chi connectivity index (χ2v) is 7.91. The molecule has 0 spiro atoms. The van der Waals surface area contributed by atoms with Gasteiger partial charge < -0.3 is 14.6 Å². The Morgan fingerprint density at radius 3 is 2.38 bits per heavy atom. The largest absolute Gasteiger partial charge is 0.384 e. The van der Waals surface area contributed by atoms with Crippen LogP contribution in [0.15, 0.2) is 48.5 Å². The van der Waals surface area contributed by atoms with Crippen molar-refractivity contribution in [1.29, 1.82) is 0 Å². The molecular weight excluding hydrogens is 324 g/mol. The summed E-state index contributed by atoms with van der Waals surface area (Å²) in [5, 5.41) is 10.9. The van der Waals surface area contributed by atoms with Crippen LogP contribution in [-0.2, 0) is 9.47 Å². The number of hydrogen-bond donors (Lipinski definition) is 1. The molecule has 3 rings (SSSR count). The first-order chi connectivity index (χ1) is 12.4. The lowest BCUT2D eigenvalue weighted by Crippen LogP contribution is -2.36. The molecule has 2 aromatic rings. The highest BCUT2D eigenvalue weighted by atomic mass is 16.7. The Bertz CT molecular complexity index is 768. The van der Waals surface area contributed by atoms with Crippen molar-refractivity contribution in [3.05, 3.63) is 76.4 Å². The predicted molar refractivity (Wildman–Crippen MR) is 105 cm³/mol. The number of aliphatic hydroxyl groups excluding tert-OH is 1. The quantitative estimate of drug-likeness (QED) is 0.859. The van der Waals surface area contributed by atoms with Gasteiger partial charge in [0.2, 0.25) is 0 Å². The first-order valence-electron chi connectivity index (χ1n) is 9.11. The Hall–Kier alpha value is -1.94. The normalized spacial score (nSPS) is 19.0. The molecule has 1 unspecified atom stereocenters. The molecule has 0 radical (unpaired) electrons. The minimum Gasteiger partial charge on any atom is -0.384 e. The number of benzene rings is 2. The molecule has 1 heterocycles. The van der Waals surface area contributed by atoms with E-state index >= 15 is 0 Å². The van der Waals surface area contributed by atoms with E-state index in [-0.39, 0.29) is 11.7 Å². The van der Waals surface area contributed by atoms with Crippen LogP contribution in [-0.4, -0.2) is 24.6 Å². The second kappa shape index (κ2) is 7.75. The van der Waals surface area contributed by atoms with Crippen LogP contribution in [0.1, 0.15) is 47.8 Å². The van der Waals surface area contributed by atoms with Crippen molar-refractivity contribution in [1.82, 2.24) is 0 Å². The highest BCUT2D eigenvalue weighted by Crippen LogP contribution is 2.30. The van der Waals surface area contributed by atoms with Gasteiger partial charge in [0.15, 0.2) is 6.29 Å². The fourth-order valence-electron chi connectivity index (χ4n) is 3.27. The van der Waals surface area contributed by atoms with Crippen LogP contribution in [0, 0.1) is 19.3 Å². The second-order valence-electron chi connectivity index (χ2n) is 7.91. The van der Waals surface area contributed by atoms with Crippen molar-refractivity contribution < 1.29 is 14.6 Å². The summed E-state index contributed by atoms with van der Waals surface area (Å²) in [6.45, 7) is 9.73. The first kappa shape index (κ1) is 18.8. The van der Waals surface area contributed by atoms with Crippen LogP contribution in [0.4, 0.5) is 0 Å². The molecule has 0 aliphatic carbocycles. The Morgan fingerprint density at radius 2 is 1.73 bits per heavy atom. The highest BCUT2D eigenvalue weighted by molar-refractivity contribution is 5.61. The van der Waals surface area contributed by atoms with Crippen LogP contribution >= 0.6 is 0 Å². The zero-order valence-electron chi connectivity index (χ0n) is 16.0. The maximum absolute atomic E-state index is 10.9. The number of rotatable bonds is 4. The van der Waals surface area contributed by atoms with Crippen molar-refractivity contribution in [3.63, 3.8) is 0 Å². The zero-order valence-corrected chi connectivity index (χ0v) is 16.0. The standard InChI is InChI=1S/C23H28O3/c1-16-12-17(2)19(10-11-21-25-14-23(3,4)15-26-21)20(13-16)22(24)18-8-6-5-7-9-18/h5-13,21-22,24H,14-15H2,1-4H3. The minimum atomic E-state index is -0.665. The van der Waals surface area contributed by atoms with Gasteiger partial charge >= 0.3 is 0 Å². The summed E-state index contributed by atoms with van der Waals surface area (Å²) in [5.41, 5.74) is 5.13. The lowest BCUT2D eigenvalue weighted by atomic mass is 9.91. The summed E-state index contributed by atoms with van der Waals surface area (Å²) in [6.07, 6.45) is 2.94. The van der Waals surface area contributed by atoms with E-state index in [9.17, 15) is 5.11 Å². The molecule has 1 N–H and O–H groups in total. The first-order valence-corrected chi connectivity index (χ1v) is 9.11. The fourth-order valence-corrected chi connectivity index (χ4v) is 3.27. The molecule has 1 aliphatic rings. The molecule has 1 atom stereocenters. The molecule has 1 fully saturated rings. The van der Waals surface area contributed by atoms with Crippen LogP contribution in [0.5, 0.6) is 0 Å². The lowest BCUT2D eigenvalue weighted by Gasteiger charge is -2.33. The number of hydrogen-bond acceptors (Lipinski definition) is 3. The van der Waals surface area contributed by atoms with E-state index in [0.717, 1.165) is 27.8 Å². The molecule has 1 saturated heterocycles. The topological polar surface area (TPSA) is 38.7 Å². The van der Waals surface area contributed by atoms with Gasteiger partial charge in [0.25, 0.3) is 0 Å². The third-order valence-corrected chi connectivity index (χ3v) is 4.67. The van der Waals surface area contributed by atoms with Crippen molar-refractivity contribution in [2.75, 3.05) is 13.2 Å². The van der Waals surface area contributed by atoms with Crippen molar-refractivity contribution in [2.24, 2.45) is 5.41 Å². The Balaban J connectivity index is 1.88. The molecule has 0 aromatic heterocycles. The van der Waals surface area contributed by atoms with E-state index in [1.807, 2.05) is 42.5 Å². The Morgan fingerprint density at radius 1 is 1.08 bits per heavy atom. The molecular formula is C23H28O3. The summed E-state index contributed by atoms with van der Waals surface area (Å²) >= 11 is 0. The van der Waals surface area contributed by atoms with Gasteiger partial charge in [-0.25, -0.2) is 0 Å². The molecule has 26 heavy (non-hydrogen) atoms. The van der Waals surface area contributed by atoms with Gasteiger partial charge in [0, 0.05) is 5.41 Å². The molecule has 1 aliphatic heterocycles. The van der Waals surface area contributed by atoms with Gasteiger partial charge in [0.1, 0.15) is 6.10 Å². The van der Waals surface area contributed by atoms with E-state index in [2.05, 4.69) is 39.8 Å². The van der Waals surface area contributed by atoms with E-state index in [4.69, 9.17) is 9.47 Å². The molecule has 0 bridgehead atoms. The van der Waals surface area contributed by atoms with E-state index in [0.29, 0.717) is 13.2 Å². The van der Waals surface area contributed by atoms with E-state index in [1.165, 1.54) is 0 Å². The molecule has 0 saturated carbocycles. The molecule has 2 aromatic carbocycles. The third kappa shape index (κ3) is 4.42. The van der Waals surface area contributed by atoms with Gasteiger partial charge in [-0.2, -0.15) is 0 Å². The molecule has 0 amide bonds. The fraction of sp³-hybridized carbons (Fsp3) is 0.391. The molecule has 138 valence electrons. The number of aliphatic hydroxyl groups is 1. The van der Waals surface area contributed by atoms with Gasteiger partial charge in [-0.05, 0) is 42.2 Å². The van der Waals surface area contributed by atoms with E-state index in [1.54, 1.807) is 0 Å². The smallest absolute Gasteiger partial charge is 0.177 e. The summed E-state index contributed by atoms with van der Waals surface area (Å²) in [7, 11) is 0. The minimum absolute atomic E-state index is 0.0543. The van der Waals surface area contributed by atoms with Crippen molar-refractivity contribution in [2.45, 2.75) is 40.1 Å². The number of aryl methyl sites for hydroxylation is 2. The van der Waals surface area contributed by atoms with Gasteiger partial charge in [-0.3, -0.25) is 0 Å². The molecule has 3 nitrogen and oxygen atoms in total. The van der Waals surface area contributed by atoms with Gasteiger partial charge in [-0.15, -0.1) is 0 Å². The maximum atomic E-state index is 10.9. The van der Waals surface area contributed by atoms with Crippen molar-refractivity contribution >= 4 is 6.08 Å². The van der Waals surface area contributed by atoms with Crippen LogP contribution < -0.4 is 0 Å². The molecule has 3 heteroatoms. The van der Waals surface area contributed by atoms with Gasteiger partial charge in [0.05, 0.1) is 13.2 Å². The van der Waals surface area contributed by atoms with Crippen molar-refractivity contribution in [3.8, 4) is 0 Å². The SMILES string of the molecule is Cc1cc(C)c(C=CC2OCC(C)(C)CO2)c(C(O)c2ccccc2)c1. The van der Waals surface area contributed by atoms with Gasteiger partial charge in [-0.1, -0.05) is 68.0 Å². The Labute approximate surface area is 156 Å². The van der Waals surface area contributed by atoms with Crippen LogP contribution in [0.3, 0.4) is 0 Å². The maximum Gasteiger partial charge on any atom is 0.177 e. The summed E-state index contributed by atoms with van der Waals surface area (Å²) in [4.78, 5) is 0.